The lowest BCUT2D eigenvalue weighted by atomic mass is 9.95. The Kier molecular flexibility index (Phi) is 2.49. The van der Waals surface area contributed by atoms with Crippen LogP contribution in [0.4, 0.5) is 0 Å². The van der Waals surface area contributed by atoms with Crippen LogP contribution < -0.4 is 4.74 Å². The molecule has 0 fully saturated rings. The highest BCUT2D eigenvalue weighted by atomic mass is 16.6. The van der Waals surface area contributed by atoms with Crippen LogP contribution in [-0.4, -0.2) is 11.6 Å². The first-order valence-electron chi connectivity index (χ1n) is 6.05. The van der Waals surface area contributed by atoms with E-state index >= 15 is 0 Å². The van der Waals surface area contributed by atoms with Crippen LogP contribution in [0.2, 0.25) is 0 Å². The van der Waals surface area contributed by atoms with E-state index in [1.165, 1.54) is 13.8 Å². The zero-order valence-corrected chi connectivity index (χ0v) is 10.7. The first-order chi connectivity index (χ1) is 9.09. The van der Waals surface area contributed by atoms with Crippen molar-refractivity contribution in [2.45, 2.75) is 13.8 Å². The Hall–Kier alpha value is -2.42. The molecule has 0 saturated heterocycles. The summed E-state index contributed by atoms with van der Waals surface area (Å²) in [6, 6.07) is 11.4. The van der Waals surface area contributed by atoms with Crippen molar-refractivity contribution < 1.29 is 14.3 Å². The molecule has 0 unspecified atom stereocenters. The van der Waals surface area contributed by atoms with Gasteiger partial charge in [-0.1, -0.05) is 30.3 Å². The molecule has 2 aromatic rings. The van der Waals surface area contributed by atoms with Crippen LogP contribution in [0.1, 0.15) is 34.6 Å². The van der Waals surface area contributed by atoms with E-state index in [9.17, 15) is 9.59 Å². The van der Waals surface area contributed by atoms with Gasteiger partial charge in [0.05, 0.1) is 5.56 Å². The summed E-state index contributed by atoms with van der Waals surface area (Å²) in [5, 5.41) is 0. The maximum atomic E-state index is 11.7. The average Bonchev–Trinajstić information content (AvgIpc) is 3.17. The fraction of sp³-hybridized carbons (Fsp3) is 0.125. The summed E-state index contributed by atoms with van der Waals surface area (Å²) >= 11 is 0. The SMILES string of the molecule is CC(=O)c1cc(-c2ccccc2)c2c(c1C(C)=O)O2. The van der Waals surface area contributed by atoms with Crippen LogP contribution in [-0.2, 0) is 0 Å². The van der Waals surface area contributed by atoms with Gasteiger partial charge in [-0.15, -0.1) is 0 Å². The van der Waals surface area contributed by atoms with Gasteiger partial charge >= 0.3 is 0 Å². The molecule has 0 aliphatic carbocycles. The van der Waals surface area contributed by atoms with Crippen LogP contribution in [0.25, 0.3) is 11.1 Å². The van der Waals surface area contributed by atoms with Gasteiger partial charge < -0.3 is 4.74 Å². The second-order valence-electron chi connectivity index (χ2n) is 4.59. The molecule has 0 aromatic heterocycles. The third-order valence-corrected chi connectivity index (χ3v) is 3.21. The van der Waals surface area contributed by atoms with Crippen molar-refractivity contribution in [3.8, 4) is 22.6 Å². The van der Waals surface area contributed by atoms with Gasteiger partial charge in [-0.2, -0.15) is 0 Å². The maximum Gasteiger partial charge on any atom is 0.182 e. The van der Waals surface area contributed by atoms with Crippen LogP contribution >= 0.6 is 0 Å². The van der Waals surface area contributed by atoms with Gasteiger partial charge in [0.15, 0.2) is 23.1 Å². The molecule has 0 saturated carbocycles. The molecule has 1 aliphatic rings. The lowest BCUT2D eigenvalue weighted by molar-refractivity contribution is 0.0980. The van der Waals surface area contributed by atoms with Gasteiger partial charge in [-0.3, -0.25) is 9.59 Å². The van der Waals surface area contributed by atoms with Crippen LogP contribution in [0, 0.1) is 0 Å². The molecular weight excluding hydrogens is 240 g/mol. The first-order valence-corrected chi connectivity index (χ1v) is 6.05. The van der Waals surface area contributed by atoms with Gasteiger partial charge in [-0.25, -0.2) is 0 Å². The minimum absolute atomic E-state index is 0.124. The van der Waals surface area contributed by atoms with E-state index in [2.05, 4.69) is 0 Å². The van der Waals surface area contributed by atoms with Crippen molar-refractivity contribution in [2.75, 3.05) is 0 Å². The number of ether oxygens (including phenoxy) is 1. The van der Waals surface area contributed by atoms with Crippen LogP contribution in [0.5, 0.6) is 11.5 Å². The molecular formula is C16H12O3. The summed E-state index contributed by atoms with van der Waals surface area (Å²) in [5.74, 6) is 1.000. The van der Waals surface area contributed by atoms with Crippen LogP contribution in [0.15, 0.2) is 36.4 Å². The molecule has 19 heavy (non-hydrogen) atoms. The molecule has 0 atom stereocenters. The predicted octanol–water partition coefficient (Wildman–Crippen LogP) is 3.86. The summed E-state index contributed by atoms with van der Waals surface area (Å²) in [6.07, 6.45) is 0. The quantitative estimate of drug-likeness (QED) is 0.525. The van der Waals surface area contributed by atoms with Gasteiger partial charge in [0, 0.05) is 11.1 Å². The summed E-state index contributed by atoms with van der Waals surface area (Å²) in [7, 11) is 0. The number of hydrogen-bond donors (Lipinski definition) is 0. The topological polar surface area (TPSA) is 46.7 Å². The highest BCUT2D eigenvalue weighted by molar-refractivity contribution is 6.12. The van der Waals surface area contributed by atoms with E-state index in [4.69, 9.17) is 4.74 Å². The standard InChI is InChI=1S/C16H12O3/c1-9(17)12-8-13(11-6-4-3-5-7-11)15-16(19-15)14(12)10(2)18/h3-8H,1-2H3. The van der Waals surface area contributed by atoms with Crippen LogP contribution in [0.3, 0.4) is 0 Å². The minimum Gasteiger partial charge on any atom is -0.448 e. The Balaban J connectivity index is 2.24. The van der Waals surface area contributed by atoms with E-state index in [0.717, 1.165) is 11.1 Å². The second kappa shape index (κ2) is 4.05. The third kappa shape index (κ3) is 1.83. The lowest BCUT2D eigenvalue weighted by Crippen LogP contribution is -2.02. The molecule has 0 amide bonds. The van der Waals surface area contributed by atoms with E-state index in [1.54, 1.807) is 6.07 Å². The molecule has 3 nitrogen and oxygen atoms in total. The maximum absolute atomic E-state index is 11.7. The molecule has 3 rings (SSSR count). The Morgan fingerprint density at radius 3 is 2.21 bits per heavy atom. The van der Waals surface area contributed by atoms with Crippen molar-refractivity contribution in [2.24, 2.45) is 0 Å². The fourth-order valence-corrected chi connectivity index (χ4v) is 2.28. The molecule has 0 N–H and O–H groups in total. The zero-order valence-electron chi connectivity index (χ0n) is 10.7. The minimum atomic E-state index is -0.140. The van der Waals surface area contributed by atoms with Gasteiger partial charge in [0.2, 0.25) is 0 Å². The van der Waals surface area contributed by atoms with Crippen molar-refractivity contribution in [3.63, 3.8) is 0 Å². The number of benzene rings is 2. The van der Waals surface area contributed by atoms with Crippen molar-refractivity contribution >= 4 is 11.6 Å². The van der Waals surface area contributed by atoms with E-state index < -0.39 is 0 Å². The molecule has 1 aliphatic heterocycles. The summed E-state index contributed by atoms with van der Waals surface area (Å²) in [5.41, 5.74) is 2.68. The normalized spacial score (nSPS) is 11.5. The zero-order chi connectivity index (χ0) is 13.6. The number of rotatable bonds is 3. The third-order valence-electron chi connectivity index (χ3n) is 3.21. The summed E-state index contributed by atoms with van der Waals surface area (Å²) < 4.78 is 5.43. The van der Waals surface area contributed by atoms with E-state index in [0.29, 0.717) is 22.6 Å². The molecule has 2 aromatic carbocycles. The molecule has 0 radical (unpaired) electrons. The predicted molar refractivity (Wildman–Crippen MR) is 72.0 cm³/mol. The number of hydrogen-bond acceptors (Lipinski definition) is 3. The largest absolute Gasteiger partial charge is 0.448 e. The molecule has 0 spiro atoms. The van der Waals surface area contributed by atoms with E-state index in [-0.39, 0.29) is 11.6 Å². The Bertz CT molecular complexity index is 700. The highest BCUT2D eigenvalue weighted by Gasteiger charge is 2.34. The fourth-order valence-electron chi connectivity index (χ4n) is 2.28. The smallest absolute Gasteiger partial charge is 0.182 e. The number of fused-ring (bicyclic) bond motifs is 1. The number of Topliss-reactive ketones (excluding diaryl/α,β-unsaturated/α-hetero) is 2. The van der Waals surface area contributed by atoms with E-state index in [1.807, 2.05) is 30.3 Å². The van der Waals surface area contributed by atoms with Crippen molar-refractivity contribution in [1.29, 1.82) is 0 Å². The second-order valence-corrected chi connectivity index (χ2v) is 4.59. The first kappa shape index (κ1) is 11.7. The van der Waals surface area contributed by atoms with Crippen molar-refractivity contribution in [3.05, 3.63) is 47.5 Å². The molecule has 94 valence electrons. The Labute approximate surface area is 110 Å². The monoisotopic (exact) mass is 252 g/mol. The Morgan fingerprint density at radius 1 is 0.947 bits per heavy atom. The summed E-state index contributed by atoms with van der Waals surface area (Å²) in [6.45, 7) is 2.91. The summed E-state index contributed by atoms with van der Waals surface area (Å²) in [4.78, 5) is 23.4. The van der Waals surface area contributed by atoms with Gasteiger partial charge in [-0.05, 0) is 25.5 Å². The van der Waals surface area contributed by atoms with Gasteiger partial charge in [0.25, 0.3) is 0 Å². The highest BCUT2D eigenvalue weighted by Crippen LogP contribution is 2.55. The molecule has 0 bridgehead atoms. The lowest BCUT2D eigenvalue weighted by Gasteiger charge is -2.03. The van der Waals surface area contributed by atoms with Crippen molar-refractivity contribution in [1.82, 2.24) is 0 Å². The van der Waals surface area contributed by atoms with Gasteiger partial charge in [0.1, 0.15) is 0 Å². The average molecular weight is 252 g/mol. The Morgan fingerprint density at radius 2 is 1.63 bits per heavy atom. The number of carbonyl (C=O) groups is 2. The molecule has 1 heterocycles. The molecule has 3 heteroatoms. The number of ketones is 2. The number of carbonyl (C=O) groups excluding carboxylic acids is 2.